The van der Waals surface area contributed by atoms with Gasteiger partial charge in [0.2, 0.25) is 15.9 Å². The molecule has 2 aromatic carbocycles. The van der Waals surface area contributed by atoms with Crippen LogP contribution in [-0.4, -0.2) is 40.8 Å². The maximum absolute atomic E-state index is 12.9. The Morgan fingerprint density at radius 1 is 1.00 bits per heavy atom. The number of benzene rings is 2. The minimum atomic E-state index is -3.77. The smallest absolute Gasteiger partial charge is 0.248 e. The van der Waals surface area contributed by atoms with E-state index in [1.807, 2.05) is 26.0 Å². The number of carbonyl (C=O) groups excluding carboxylic acids is 1. The molecule has 0 saturated heterocycles. The first-order valence-electron chi connectivity index (χ1n) is 8.68. The predicted molar refractivity (Wildman–Crippen MR) is 111 cm³/mol. The first-order valence-corrected chi connectivity index (χ1v) is 10.5. The molecule has 0 fully saturated rings. The topological polar surface area (TPSA) is 84.9 Å². The Kier molecular flexibility index (Phi) is 6.56. The summed E-state index contributed by atoms with van der Waals surface area (Å²) in [6.07, 6.45) is 1.06. The van der Waals surface area contributed by atoms with E-state index in [0.717, 1.165) is 21.7 Å². The standard InChI is InChI=1S/C20H26N2O5S/c1-13-7-9-18(26-4)16(11-13)21-20(23)15(3)22(28(6,24)25)17-12-14(2)8-10-19(17)27-5/h7-12,15H,1-6H3,(H,21,23)/t15-/m1/s1. The fourth-order valence-electron chi connectivity index (χ4n) is 2.91. The lowest BCUT2D eigenvalue weighted by molar-refractivity contribution is -0.116. The molecule has 0 spiro atoms. The van der Waals surface area contributed by atoms with Gasteiger partial charge in [0.1, 0.15) is 17.5 Å². The van der Waals surface area contributed by atoms with Crippen molar-refractivity contribution in [3.8, 4) is 11.5 Å². The molecular weight excluding hydrogens is 380 g/mol. The molecule has 2 rings (SSSR count). The highest BCUT2D eigenvalue weighted by molar-refractivity contribution is 7.92. The maximum atomic E-state index is 12.9. The molecule has 1 atom stereocenters. The van der Waals surface area contributed by atoms with Crippen LogP contribution in [-0.2, 0) is 14.8 Å². The normalized spacial score (nSPS) is 12.2. The van der Waals surface area contributed by atoms with Gasteiger partial charge in [-0.3, -0.25) is 9.10 Å². The third kappa shape index (κ3) is 4.75. The Labute approximate surface area is 166 Å². The van der Waals surface area contributed by atoms with Gasteiger partial charge in [0.25, 0.3) is 0 Å². The van der Waals surface area contributed by atoms with Gasteiger partial charge in [-0.1, -0.05) is 12.1 Å². The predicted octanol–water partition coefficient (Wildman–Crippen LogP) is 3.11. The number of nitrogens with zero attached hydrogens (tertiary/aromatic N) is 1. The fraction of sp³-hybridized carbons (Fsp3) is 0.350. The highest BCUT2D eigenvalue weighted by atomic mass is 32.2. The summed E-state index contributed by atoms with van der Waals surface area (Å²) in [6.45, 7) is 5.26. The lowest BCUT2D eigenvalue weighted by Crippen LogP contribution is -2.45. The Bertz CT molecular complexity index is 973. The van der Waals surface area contributed by atoms with Crippen molar-refractivity contribution in [2.24, 2.45) is 0 Å². The number of amides is 1. The van der Waals surface area contributed by atoms with Crippen molar-refractivity contribution in [1.29, 1.82) is 0 Å². The van der Waals surface area contributed by atoms with Crippen molar-refractivity contribution < 1.29 is 22.7 Å². The lowest BCUT2D eigenvalue weighted by Gasteiger charge is -2.29. The second-order valence-electron chi connectivity index (χ2n) is 6.60. The van der Waals surface area contributed by atoms with Crippen LogP contribution in [0.25, 0.3) is 0 Å². The SMILES string of the molecule is COc1ccc(C)cc1NC(=O)[C@@H](C)N(c1cc(C)ccc1OC)S(C)(=O)=O. The summed E-state index contributed by atoms with van der Waals surface area (Å²) < 4.78 is 36.8. The molecule has 1 amide bonds. The molecule has 0 bridgehead atoms. The summed E-state index contributed by atoms with van der Waals surface area (Å²) in [5.41, 5.74) is 2.56. The van der Waals surface area contributed by atoms with E-state index in [1.165, 1.54) is 21.1 Å². The van der Waals surface area contributed by atoms with E-state index in [9.17, 15) is 13.2 Å². The third-order valence-corrected chi connectivity index (χ3v) is 5.50. The van der Waals surface area contributed by atoms with E-state index < -0.39 is 22.0 Å². The third-order valence-electron chi connectivity index (χ3n) is 4.27. The number of aryl methyl sites for hydroxylation is 2. The van der Waals surface area contributed by atoms with Crippen LogP contribution in [0.3, 0.4) is 0 Å². The van der Waals surface area contributed by atoms with Gasteiger partial charge in [0.15, 0.2) is 0 Å². The molecule has 0 aliphatic rings. The molecular formula is C20H26N2O5S. The molecule has 1 N–H and O–H groups in total. The summed E-state index contributed by atoms with van der Waals surface area (Å²) in [4.78, 5) is 12.9. The van der Waals surface area contributed by atoms with Crippen LogP contribution >= 0.6 is 0 Å². The lowest BCUT2D eigenvalue weighted by atomic mass is 10.1. The molecule has 2 aromatic rings. The van der Waals surface area contributed by atoms with Gasteiger partial charge in [-0.2, -0.15) is 0 Å². The molecule has 28 heavy (non-hydrogen) atoms. The zero-order valence-electron chi connectivity index (χ0n) is 16.9. The summed E-state index contributed by atoms with van der Waals surface area (Å²) in [5, 5.41) is 2.77. The van der Waals surface area contributed by atoms with Crippen LogP contribution in [0.15, 0.2) is 36.4 Å². The zero-order chi connectivity index (χ0) is 21.1. The molecule has 0 aliphatic heterocycles. The molecule has 0 unspecified atom stereocenters. The summed E-state index contributed by atoms with van der Waals surface area (Å²) >= 11 is 0. The van der Waals surface area contributed by atoms with Gasteiger partial charge in [-0.15, -0.1) is 0 Å². The van der Waals surface area contributed by atoms with Crippen molar-refractivity contribution >= 4 is 27.3 Å². The average molecular weight is 407 g/mol. The molecule has 0 aliphatic carbocycles. The first-order chi connectivity index (χ1) is 13.1. The second kappa shape index (κ2) is 8.52. The number of sulfonamides is 1. The quantitative estimate of drug-likeness (QED) is 0.764. The number of carbonyl (C=O) groups is 1. The maximum Gasteiger partial charge on any atom is 0.248 e. The van der Waals surface area contributed by atoms with Gasteiger partial charge >= 0.3 is 0 Å². The first kappa shape index (κ1) is 21.6. The Morgan fingerprint density at radius 3 is 2.07 bits per heavy atom. The molecule has 0 aromatic heterocycles. The van der Waals surface area contributed by atoms with Gasteiger partial charge < -0.3 is 14.8 Å². The number of methoxy groups -OCH3 is 2. The summed E-state index contributed by atoms with van der Waals surface area (Å²) in [5.74, 6) is 0.367. The molecule has 0 heterocycles. The van der Waals surface area contributed by atoms with Gasteiger partial charge in [0, 0.05) is 0 Å². The number of hydrogen-bond donors (Lipinski definition) is 1. The van der Waals surface area contributed by atoms with E-state index in [0.29, 0.717) is 22.9 Å². The number of hydrogen-bond acceptors (Lipinski definition) is 5. The molecule has 0 saturated carbocycles. The van der Waals surface area contributed by atoms with Crippen LogP contribution in [0.1, 0.15) is 18.1 Å². The van der Waals surface area contributed by atoms with Crippen molar-refractivity contribution in [1.82, 2.24) is 0 Å². The Hall–Kier alpha value is -2.74. The number of rotatable bonds is 7. The Balaban J connectivity index is 2.45. The monoisotopic (exact) mass is 406 g/mol. The number of ether oxygens (including phenoxy) is 2. The van der Waals surface area contributed by atoms with Crippen molar-refractivity contribution in [3.63, 3.8) is 0 Å². The van der Waals surface area contributed by atoms with Gasteiger partial charge in [0.05, 0.1) is 31.9 Å². The second-order valence-corrected chi connectivity index (χ2v) is 8.46. The van der Waals surface area contributed by atoms with Crippen LogP contribution in [0, 0.1) is 13.8 Å². The Morgan fingerprint density at radius 2 is 1.54 bits per heavy atom. The van der Waals surface area contributed by atoms with Crippen LogP contribution in [0.2, 0.25) is 0 Å². The van der Waals surface area contributed by atoms with Gasteiger partial charge in [-0.05, 0) is 56.2 Å². The largest absolute Gasteiger partial charge is 0.495 e. The van der Waals surface area contributed by atoms with E-state index in [2.05, 4.69) is 5.32 Å². The van der Waals surface area contributed by atoms with Crippen molar-refractivity contribution in [2.75, 3.05) is 30.1 Å². The highest BCUT2D eigenvalue weighted by Crippen LogP contribution is 2.33. The van der Waals surface area contributed by atoms with E-state index in [1.54, 1.807) is 24.3 Å². The summed E-state index contributed by atoms with van der Waals surface area (Å²) in [7, 11) is -0.807. The van der Waals surface area contributed by atoms with Gasteiger partial charge in [-0.25, -0.2) is 8.42 Å². The van der Waals surface area contributed by atoms with E-state index in [-0.39, 0.29) is 0 Å². The zero-order valence-corrected chi connectivity index (χ0v) is 17.8. The van der Waals surface area contributed by atoms with Crippen molar-refractivity contribution in [2.45, 2.75) is 26.8 Å². The van der Waals surface area contributed by atoms with E-state index in [4.69, 9.17) is 9.47 Å². The minimum Gasteiger partial charge on any atom is -0.495 e. The fourth-order valence-corrected chi connectivity index (χ4v) is 4.08. The number of nitrogens with one attached hydrogen (secondary N) is 1. The van der Waals surface area contributed by atoms with Crippen LogP contribution in [0.4, 0.5) is 11.4 Å². The van der Waals surface area contributed by atoms with Crippen LogP contribution < -0.4 is 19.1 Å². The van der Waals surface area contributed by atoms with E-state index >= 15 is 0 Å². The molecule has 152 valence electrons. The van der Waals surface area contributed by atoms with Crippen molar-refractivity contribution in [3.05, 3.63) is 47.5 Å². The summed E-state index contributed by atoms with van der Waals surface area (Å²) in [6, 6.07) is 9.52. The van der Waals surface area contributed by atoms with Crippen LogP contribution in [0.5, 0.6) is 11.5 Å². The average Bonchev–Trinajstić information content (AvgIpc) is 2.61. The molecule has 8 heteroatoms. The molecule has 7 nitrogen and oxygen atoms in total. The molecule has 0 radical (unpaired) electrons. The number of anilines is 2. The highest BCUT2D eigenvalue weighted by Gasteiger charge is 2.31. The minimum absolute atomic E-state index is 0.309.